The van der Waals surface area contributed by atoms with Gasteiger partial charge in [0.05, 0.1) is 6.61 Å². The van der Waals surface area contributed by atoms with Crippen LogP contribution in [0.4, 0.5) is 4.39 Å². The number of nitrogens with one attached hydrogen (secondary N) is 2. The van der Waals surface area contributed by atoms with Gasteiger partial charge in [-0.1, -0.05) is 12.1 Å². The largest absolute Gasteiger partial charge is 0.494 e. The Balaban J connectivity index is 1.65. The zero-order valence-corrected chi connectivity index (χ0v) is 14.8. The van der Waals surface area contributed by atoms with Crippen LogP contribution in [0.15, 0.2) is 48.5 Å². The van der Waals surface area contributed by atoms with Crippen molar-refractivity contribution in [3.63, 3.8) is 0 Å². The van der Waals surface area contributed by atoms with Gasteiger partial charge in [-0.15, -0.1) is 0 Å². The van der Waals surface area contributed by atoms with Crippen molar-refractivity contribution in [2.75, 3.05) is 13.2 Å². The van der Waals surface area contributed by atoms with Gasteiger partial charge in [0.2, 0.25) is 5.91 Å². The van der Waals surface area contributed by atoms with Gasteiger partial charge in [0, 0.05) is 25.1 Å². The molecule has 0 saturated heterocycles. The summed E-state index contributed by atoms with van der Waals surface area (Å²) >= 11 is 0. The van der Waals surface area contributed by atoms with E-state index in [0.717, 1.165) is 11.3 Å². The van der Waals surface area contributed by atoms with Crippen LogP contribution in [0.3, 0.4) is 0 Å². The predicted octanol–water partition coefficient (Wildman–Crippen LogP) is 3.05. The second kappa shape index (κ2) is 10.2. The molecule has 6 heteroatoms. The summed E-state index contributed by atoms with van der Waals surface area (Å²) in [7, 11) is 0. The van der Waals surface area contributed by atoms with Crippen LogP contribution >= 0.6 is 0 Å². The molecule has 0 saturated carbocycles. The number of carbonyl (C=O) groups excluding carboxylic acids is 2. The van der Waals surface area contributed by atoms with E-state index in [4.69, 9.17) is 4.74 Å². The lowest BCUT2D eigenvalue weighted by atomic mass is 10.2. The Morgan fingerprint density at radius 2 is 1.85 bits per heavy atom. The molecule has 0 fully saturated rings. The lowest BCUT2D eigenvalue weighted by molar-refractivity contribution is -0.121. The van der Waals surface area contributed by atoms with Gasteiger partial charge in [0.25, 0.3) is 5.91 Å². The zero-order chi connectivity index (χ0) is 18.8. The summed E-state index contributed by atoms with van der Waals surface area (Å²) in [4.78, 5) is 23.7. The van der Waals surface area contributed by atoms with Crippen molar-refractivity contribution in [3.05, 3.63) is 65.5 Å². The highest BCUT2D eigenvalue weighted by atomic mass is 19.1. The molecule has 0 bridgehead atoms. The highest BCUT2D eigenvalue weighted by Gasteiger charge is 2.06. The molecular formula is C20H23FN2O3. The molecule has 2 amide bonds. The first-order valence-electron chi connectivity index (χ1n) is 8.60. The quantitative estimate of drug-likeness (QED) is 0.677. The van der Waals surface area contributed by atoms with Crippen molar-refractivity contribution in [1.29, 1.82) is 0 Å². The van der Waals surface area contributed by atoms with Crippen molar-refractivity contribution in [3.8, 4) is 5.75 Å². The molecule has 0 aliphatic rings. The molecule has 2 aromatic carbocycles. The van der Waals surface area contributed by atoms with E-state index in [2.05, 4.69) is 10.6 Å². The Labute approximate surface area is 152 Å². The predicted molar refractivity (Wildman–Crippen MR) is 97.4 cm³/mol. The van der Waals surface area contributed by atoms with Crippen molar-refractivity contribution in [1.82, 2.24) is 10.6 Å². The molecule has 0 aliphatic carbocycles. The highest BCUT2D eigenvalue weighted by Crippen LogP contribution is 2.13. The Kier molecular flexibility index (Phi) is 7.61. The number of ether oxygens (including phenoxy) is 1. The molecule has 2 aromatic rings. The van der Waals surface area contributed by atoms with Gasteiger partial charge < -0.3 is 15.4 Å². The Morgan fingerprint density at radius 3 is 2.58 bits per heavy atom. The normalized spacial score (nSPS) is 10.2. The summed E-state index contributed by atoms with van der Waals surface area (Å²) in [5.41, 5.74) is 1.36. The molecule has 0 heterocycles. The maximum Gasteiger partial charge on any atom is 0.251 e. The Morgan fingerprint density at radius 1 is 1.08 bits per heavy atom. The fraction of sp³-hybridized carbons (Fsp3) is 0.300. The summed E-state index contributed by atoms with van der Waals surface area (Å²) in [6.45, 7) is 3.33. The number of amides is 2. The third-order valence-corrected chi connectivity index (χ3v) is 3.67. The number of halogens is 1. The van der Waals surface area contributed by atoms with E-state index in [0.29, 0.717) is 38.1 Å². The van der Waals surface area contributed by atoms with E-state index in [1.807, 2.05) is 31.2 Å². The number of benzene rings is 2. The lowest BCUT2D eigenvalue weighted by Gasteiger charge is -2.08. The maximum absolute atomic E-state index is 12.8. The fourth-order valence-corrected chi connectivity index (χ4v) is 2.36. The minimum Gasteiger partial charge on any atom is -0.494 e. The molecule has 0 atom stereocenters. The van der Waals surface area contributed by atoms with Crippen LogP contribution < -0.4 is 15.4 Å². The Hall–Kier alpha value is -2.89. The van der Waals surface area contributed by atoms with E-state index < -0.39 is 0 Å². The molecule has 2 rings (SSSR count). The smallest absolute Gasteiger partial charge is 0.251 e. The van der Waals surface area contributed by atoms with Gasteiger partial charge >= 0.3 is 0 Å². The van der Waals surface area contributed by atoms with Crippen LogP contribution in [-0.4, -0.2) is 25.0 Å². The number of hydrogen-bond donors (Lipinski definition) is 2. The standard InChI is InChI=1S/C20H23FN2O3/c1-2-26-18-6-3-5-15(13-18)14-23-19(24)7-4-12-22-20(25)16-8-10-17(21)11-9-16/h3,5-6,8-11,13H,2,4,7,12,14H2,1H3,(H,22,25)(H,23,24). The molecule has 26 heavy (non-hydrogen) atoms. The van der Waals surface area contributed by atoms with Crippen molar-refractivity contribution < 1.29 is 18.7 Å². The fourth-order valence-electron chi connectivity index (χ4n) is 2.36. The van der Waals surface area contributed by atoms with E-state index in [-0.39, 0.29) is 17.6 Å². The third kappa shape index (κ3) is 6.55. The summed E-state index contributed by atoms with van der Waals surface area (Å²) < 4.78 is 18.2. The first kappa shape index (κ1) is 19.4. The van der Waals surface area contributed by atoms with Crippen molar-refractivity contribution in [2.45, 2.75) is 26.3 Å². The number of hydrogen-bond acceptors (Lipinski definition) is 3. The molecule has 0 radical (unpaired) electrons. The van der Waals surface area contributed by atoms with Crippen LogP contribution in [0.25, 0.3) is 0 Å². The van der Waals surface area contributed by atoms with Crippen LogP contribution in [0.5, 0.6) is 5.75 Å². The van der Waals surface area contributed by atoms with E-state index in [9.17, 15) is 14.0 Å². The third-order valence-electron chi connectivity index (χ3n) is 3.67. The monoisotopic (exact) mass is 358 g/mol. The van der Waals surface area contributed by atoms with Crippen LogP contribution in [0, 0.1) is 5.82 Å². The summed E-state index contributed by atoms with van der Waals surface area (Å²) in [5.74, 6) is 0.0359. The van der Waals surface area contributed by atoms with E-state index >= 15 is 0 Å². The first-order valence-corrected chi connectivity index (χ1v) is 8.60. The summed E-state index contributed by atoms with van der Waals surface area (Å²) in [6, 6.07) is 12.9. The maximum atomic E-state index is 12.8. The topological polar surface area (TPSA) is 67.4 Å². The number of rotatable bonds is 9. The van der Waals surface area contributed by atoms with Gasteiger partial charge in [-0.3, -0.25) is 9.59 Å². The van der Waals surface area contributed by atoms with Gasteiger partial charge in [0.15, 0.2) is 0 Å². The second-order valence-electron chi connectivity index (χ2n) is 5.72. The van der Waals surface area contributed by atoms with Crippen LogP contribution in [0.2, 0.25) is 0 Å². The van der Waals surface area contributed by atoms with Gasteiger partial charge in [-0.25, -0.2) is 4.39 Å². The van der Waals surface area contributed by atoms with Gasteiger partial charge in [-0.2, -0.15) is 0 Å². The Bertz CT molecular complexity index is 732. The van der Waals surface area contributed by atoms with E-state index in [1.54, 1.807) is 0 Å². The van der Waals surface area contributed by atoms with Crippen molar-refractivity contribution in [2.24, 2.45) is 0 Å². The second-order valence-corrected chi connectivity index (χ2v) is 5.72. The minimum atomic E-state index is -0.384. The summed E-state index contributed by atoms with van der Waals surface area (Å²) in [5, 5.41) is 5.56. The van der Waals surface area contributed by atoms with Gasteiger partial charge in [0.1, 0.15) is 11.6 Å². The van der Waals surface area contributed by atoms with Crippen molar-refractivity contribution >= 4 is 11.8 Å². The molecule has 0 unspecified atom stereocenters. The molecule has 5 nitrogen and oxygen atoms in total. The highest BCUT2D eigenvalue weighted by molar-refractivity contribution is 5.94. The van der Waals surface area contributed by atoms with E-state index in [1.165, 1.54) is 24.3 Å². The van der Waals surface area contributed by atoms with Crippen LogP contribution in [-0.2, 0) is 11.3 Å². The SMILES string of the molecule is CCOc1cccc(CNC(=O)CCCNC(=O)c2ccc(F)cc2)c1. The average Bonchev–Trinajstić information content (AvgIpc) is 2.64. The summed E-state index contributed by atoms with van der Waals surface area (Å²) in [6.07, 6.45) is 0.840. The zero-order valence-electron chi connectivity index (χ0n) is 14.8. The average molecular weight is 358 g/mol. The molecule has 0 aromatic heterocycles. The first-order chi connectivity index (χ1) is 12.6. The minimum absolute atomic E-state index is 0.0807. The molecule has 138 valence electrons. The number of carbonyl (C=O) groups is 2. The van der Waals surface area contributed by atoms with Gasteiger partial charge in [-0.05, 0) is 55.3 Å². The molecule has 0 spiro atoms. The molecule has 2 N–H and O–H groups in total. The lowest BCUT2D eigenvalue weighted by Crippen LogP contribution is -2.27. The molecular weight excluding hydrogens is 335 g/mol. The molecule has 0 aliphatic heterocycles. The van der Waals surface area contributed by atoms with Crippen LogP contribution in [0.1, 0.15) is 35.7 Å².